The number of carbonyl (C=O) groups is 1. The van der Waals surface area contributed by atoms with E-state index in [0.29, 0.717) is 6.54 Å². The fourth-order valence-electron chi connectivity index (χ4n) is 1.82. The van der Waals surface area contributed by atoms with E-state index < -0.39 is 0 Å². The molecule has 2 aromatic carbocycles. The first-order valence-electron chi connectivity index (χ1n) is 6.50. The van der Waals surface area contributed by atoms with Crippen LogP contribution in [-0.4, -0.2) is 24.7 Å². The summed E-state index contributed by atoms with van der Waals surface area (Å²) < 4.78 is 10.5. The monoisotopic (exact) mass is 287 g/mol. The van der Waals surface area contributed by atoms with Crippen LogP contribution in [0.3, 0.4) is 0 Å². The van der Waals surface area contributed by atoms with Crippen LogP contribution in [-0.2, 0) is 11.3 Å². The third-order valence-corrected chi connectivity index (χ3v) is 2.89. The van der Waals surface area contributed by atoms with Gasteiger partial charge in [-0.15, -0.1) is 0 Å². The molecule has 1 amide bonds. The van der Waals surface area contributed by atoms with Crippen LogP contribution in [0.1, 0.15) is 5.56 Å². The van der Waals surface area contributed by atoms with Crippen LogP contribution in [0.5, 0.6) is 17.2 Å². The van der Waals surface area contributed by atoms with Crippen LogP contribution in [0, 0.1) is 0 Å². The summed E-state index contributed by atoms with van der Waals surface area (Å²) in [4.78, 5) is 11.7. The number of hydrogen-bond donors (Lipinski definition) is 2. The molecule has 21 heavy (non-hydrogen) atoms. The number of ether oxygens (including phenoxy) is 2. The Morgan fingerprint density at radius 3 is 2.48 bits per heavy atom. The highest BCUT2D eigenvalue weighted by atomic mass is 16.5. The Kier molecular flexibility index (Phi) is 5.04. The van der Waals surface area contributed by atoms with Crippen molar-refractivity contribution in [3.63, 3.8) is 0 Å². The van der Waals surface area contributed by atoms with Gasteiger partial charge in [0.05, 0.1) is 7.11 Å². The maximum Gasteiger partial charge on any atom is 0.258 e. The molecular weight excluding hydrogens is 270 g/mol. The van der Waals surface area contributed by atoms with E-state index in [4.69, 9.17) is 9.47 Å². The van der Waals surface area contributed by atoms with E-state index in [1.165, 1.54) is 6.07 Å². The van der Waals surface area contributed by atoms with E-state index in [2.05, 4.69) is 5.32 Å². The summed E-state index contributed by atoms with van der Waals surface area (Å²) in [6, 6.07) is 14.0. The first-order valence-corrected chi connectivity index (χ1v) is 6.50. The van der Waals surface area contributed by atoms with E-state index in [9.17, 15) is 9.90 Å². The highest BCUT2D eigenvalue weighted by Gasteiger charge is 2.07. The van der Waals surface area contributed by atoms with Gasteiger partial charge >= 0.3 is 0 Å². The van der Waals surface area contributed by atoms with Gasteiger partial charge < -0.3 is 19.9 Å². The third kappa shape index (κ3) is 4.14. The van der Waals surface area contributed by atoms with Gasteiger partial charge in [0, 0.05) is 12.1 Å². The average molecular weight is 287 g/mol. The molecule has 5 nitrogen and oxygen atoms in total. The molecule has 0 atom stereocenters. The largest absolute Gasteiger partial charge is 0.504 e. The Bertz CT molecular complexity index is 613. The smallest absolute Gasteiger partial charge is 0.258 e. The minimum absolute atomic E-state index is 0.00929. The minimum atomic E-state index is -0.274. The summed E-state index contributed by atoms with van der Waals surface area (Å²) in [5.41, 5.74) is 0.885. The highest BCUT2D eigenvalue weighted by molar-refractivity contribution is 5.77. The van der Waals surface area contributed by atoms with E-state index in [1.54, 1.807) is 25.3 Å². The molecule has 5 heteroatoms. The molecule has 0 saturated heterocycles. The molecule has 0 unspecified atom stereocenters. The number of methoxy groups -OCH3 is 1. The lowest BCUT2D eigenvalue weighted by atomic mass is 10.2. The number of carbonyl (C=O) groups excluding carboxylic acids is 1. The Hall–Kier alpha value is -2.69. The van der Waals surface area contributed by atoms with E-state index in [1.807, 2.05) is 24.3 Å². The van der Waals surface area contributed by atoms with Crippen LogP contribution in [0.25, 0.3) is 0 Å². The van der Waals surface area contributed by atoms with Gasteiger partial charge in [-0.2, -0.15) is 0 Å². The van der Waals surface area contributed by atoms with Crippen molar-refractivity contribution >= 4 is 5.91 Å². The maximum atomic E-state index is 11.7. The van der Waals surface area contributed by atoms with Crippen LogP contribution in [0.2, 0.25) is 0 Å². The van der Waals surface area contributed by atoms with Crippen molar-refractivity contribution in [3.05, 3.63) is 54.1 Å². The van der Waals surface area contributed by atoms with E-state index in [0.717, 1.165) is 11.3 Å². The van der Waals surface area contributed by atoms with Crippen LogP contribution >= 0.6 is 0 Å². The van der Waals surface area contributed by atoms with Gasteiger partial charge in [-0.3, -0.25) is 4.79 Å². The fourth-order valence-corrected chi connectivity index (χ4v) is 1.82. The summed E-state index contributed by atoms with van der Waals surface area (Å²) in [6.07, 6.45) is 0. The third-order valence-electron chi connectivity index (χ3n) is 2.89. The number of nitrogens with one attached hydrogen (secondary N) is 1. The second kappa shape index (κ2) is 7.19. The van der Waals surface area contributed by atoms with Gasteiger partial charge in [-0.05, 0) is 18.2 Å². The van der Waals surface area contributed by atoms with Crippen LogP contribution in [0.4, 0.5) is 0 Å². The van der Waals surface area contributed by atoms with Gasteiger partial charge in [-0.25, -0.2) is 0 Å². The normalized spacial score (nSPS) is 9.95. The topological polar surface area (TPSA) is 67.8 Å². The number of hydrogen-bond acceptors (Lipinski definition) is 4. The van der Waals surface area contributed by atoms with E-state index in [-0.39, 0.29) is 24.0 Å². The zero-order valence-electron chi connectivity index (χ0n) is 11.7. The lowest BCUT2D eigenvalue weighted by Crippen LogP contribution is -2.28. The molecule has 2 rings (SSSR count). The lowest BCUT2D eigenvalue weighted by molar-refractivity contribution is -0.123. The van der Waals surface area contributed by atoms with Gasteiger partial charge in [0.2, 0.25) is 0 Å². The number of phenols is 1. The Labute approximate surface area is 123 Å². The molecule has 0 aliphatic heterocycles. The molecule has 0 aliphatic rings. The summed E-state index contributed by atoms with van der Waals surface area (Å²) >= 11 is 0. The summed E-state index contributed by atoms with van der Waals surface area (Å²) in [6.45, 7) is 0.194. The number of aromatic hydroxyl groups is 1. The predicted molar refractivity (Wildman–Crippen MR) is 78.4 cm³/mol. The standard InChI is InChI=1S/C16H17NO4/c1-20-14-8-4-2-6-12(14)10-17-16(19)11-21-15-9-5-3-7-13(15)18/h2-9,18H,10-11H2,1H3,(H,17,19). The predicted octanol–water partition coefficient (Wildman–Crippen LogP) is 2.10. The molecule has 0 saturated carbocycles. The zero-order valence-corrected chi connectivity index (χ0v) is 11.7. The number of amides is 1. The number of rotatable bonds is 6. The van der Waals surface area contributed by atoms with Crippen molar-refractivity contribution in [2.45, 2.75) is 6.54 Å². The molecule has 110 valence electrons. The summed E-state index contributed by atoms with van der Waals surface area (Å²) in [5.74, 6) is 0.739. The van der Waals surface area contributed by atoms with Crippen LogP contribution < -0.4 is 14.8 Å². The Morgan fingerprint density at radius 2 is 1.76 bits per heavy atom. The van der Waals surface area contributed by atoms with Gasteiger partial charge in [0.25, 0.3) is 5.91 Å². The number of para-hydroxylation sites is 3. The molecule has 0 spiro atoms. The molecule has 2 N–H and O–H groups in total. The molecular formula is C16H17NO4. The molecule has 0 heterocycles. The average Bonchev–Trinajstić information content (AvgIpc) is 2.52. The van der Waals surface area contributed by atoms with Gasteiger partial charge in [-0.1, -0.05) is 30.3 Å². The lowest BCUT2D eigenvalue weighted by Gasteiger charge is -2.10. The van der Waals surface area contributed by atoms with E-state index >= 15 is 0 Å². The Morgan fingerprint density at radius 1 is 1.10 bits per heavy atom. The molecule has 2 aromatic rings. The molecule has 0 aromatic heterocycles. The maximum absolute atomic E-state index is 11.7. The first kappa shape index (κ1) is 14.7. The van der Waals surface area contributed by atoms with Crippen molar-refractivity contribution in [1.82, 2.24) is 5.32 Å². The van der Waals surface area contributed by atoms with Gasteiger partial charge in [0.1, 0.15) is 5.75 Å². The highest BCUT2D eigenvalue weighted by Crippen LogP contribution is 2.24. The quantitative estimate of drug-likeness (QED) is 0.853. The SMILES string of the molecule is COc1ccccc1CNC(=O)COc1ccccc1O. The fraction of sp³-hybridized carbons (Fsp3) is 0.188. The van der Waals surface area contributed by atoms with Crippen molar-refractivity contribution in [2.24, 2.45) is 0 Å². The first-order chi connectivity index (χ1) is 10.2. The second-order valence-corrected chi connectivity index (χ2v) is 4.34. The van der Waals surface area contributed by atoms with Crippen molar-refractivity contribution in [2.75, 3.05) is 13.7 Å². The van der Waals surface area contributed by atoms with Crippen molar-refractivity contribution in [3.8, 4) is 17.2 Å². The number of benzene rings is 2. The van der Waals surface area contributed by atoms with Crippen molar-refractivity contribution in [1.29, 1.82) is 0 Å². The summed E-state index contributed by atoms with van der Waals surface area (Å²) in [7, 11) is 1.59. The van der Waals surface area contributed by atoms with Crippen LogP contribution in [0.15, 0.2) is 48.5 Å². The second-order valence-electron chi connectivity index (χ2n) is 4.34. The van der Waals surface area contributed by atoms with Gasteiger partial charge in [0.15, 0.2) is 18.1 Å². The zero-order chi connectivity index (χ0) is 15.1. The molecule has 0 radical (unpaired) electrons. The molecule has 0 fully saturated rings. The number of phenolic OH excluding ortho intramolecular Hbond substituents is 1. The Balaban J connectivity index is 1.84. The molecule has 0 aliphatic carbocycles. The summed E-state index contributed by atoms with van der Waals surface area (Å²) in [5, 5.41) is 12.3. The van der Waals surface area contributed by atoms with Crippen molar-refractivity contribution < 1.29 is 19.4 Å². The minimum Gasteiger partial charge on any atom is -0.504 e. The molecule has 0 bridgehead atoms.